The number of amides is 1. The van der Waals surface area contributed by atoms with Crippen molar-refractivity contribution in [2.24, 2.45) is 0 Å². The monoisotopic (exact) mass is 368 g/mol. The molecule has 0 spiro atoms. The van der Waals surface area contributed by atoms with E-state index in [0.29, 0.717) is 37.2 Å². The van der Waals surface area contributed by atoms with E-state index in [1.807, 2.05) is 23.3 Å². The maximum Gasteiger partial charge on any atom is 0.255 e. The molecule has 0 aliphatic carbocycles. The van der Waals surface area contributed by atoms with Crippen LogP contribution in [0, 0.1) is 11.3 Å². The van der Waals surface area contributed by atoms with Crippen molar-refractivity contribution in [2.75, 3.05) is 26.5 Å². The average Bonchev–Trinajstić information content (AvgIpc) is 2.55. The summed E-state index contributed by atoms with van der Waals surface area (Å²) in [6.45, 7) is 1.22. The lowest BCUT2D eigenvalue weighted by molar-refractivity contribution is 0.0715. The molecule has 0 radical (unpaired) electrons. The van der Waals surface area contributed by atoms with Gasteiger partial charge < -0.3 is 9.64 Å². The van der Waals surface area contributed by atoms with Crippen molar-refractivity contribution >= 4 is 33.6 Å². The van der Waals surface area contributed by atoms with Gasteiger partial charge in [-0.2, -0.15) is 5.26 Å². The summed E-state index contributed by atoms with van der Waals surface area (Å²) in [4.78, 5) is 14.4. The molecule has 1 aliphatic heterocycles. The second kappa shape index (κ2) is 6.71. The molecule has 0 aromatic heterocycles. The van der Waals surface area contributed by atoms with Gasteiger partial charge in [-0.3, -0.25) is 4.79 Å². The largest absolute Gasteiger partial charge is 0.497 e. The lowest BCUT2D eigenvalue weighted by atomic mass is 9.96. The normalized spacial score (nSPS) is 17.1. The van der Waals surface area contributed by atoms with Crippen molar-refractivity contribution in [3.05, 3.63) is 28.2 Å². The van der Waals surface area contributed by atoms with Gasteiger partial charge in [0, 0.05) is 17.6 Å². The maximum absolute atomic E-state index is 12.6. The third-order valence-corrected chi connectivity index (χ3v) is 5.83. The molecule has 0 saturated carbocycles. The number of methoxy groups -OCH3 is 1. The average molecular weight is 369 g/mol. The van der Waals surface area contributed by atoms with Crippen LogP contribution in [0.5, 0.6) is 5.75 Å². The zero-order valence-corrected chi connectivity index (χ0v) is 14.5. The van der Waals surface area contributed by atoms with Crippen LogP contribution >= 0.6 is 27.7 Å². The molecule has 2 rings (SSSR count). The predicted molar refractivity (Wildman–Crippen MR) is 87.7 cm³/mol. The molecular formula is C15H17BrN2O2S. The van der Waals surface area contributed by atoms with Crippen LogP contribution in [-0.4, -0.2) is 42.0 Å². The summed E-state index contributed by atoms with van der Waals surface area (Å²) in [5.74, 6) is 0.641. The third-order valence-electron chi connectivity index (χ3n) is 3.86. The molecule has 1 saturated heterocycles. The van der Waals surface area contributed by atoms with Gasteiger partial charge in [-0.05, 0) is 53.2 Å². The molecule has 1 amide bonds. The molecule has 1 aliphatic rings. The second-order valence-electron chi connectivity index (χ2n) is 4.95. The van der Waals surface area contributed by atoms with Gasteiger partial charge in [0.05, 0.1) is 18.7 Å². The van der Waals surface area contributed by atoms with Crippen molar-refractivity contribution in [1.82, 2.24) is 4.90 Å². The summed E-state index contributed by atoms with van der Waals surface area (Å²) >= 11 is 5.00. The number of carbonyl (C=O) groups is 1. The quantitative estimate of drug-likeness (QED) is 0.820. The first-order valence-electron chi connectivity index (χ1n) is 6.64. The standard InChI is InChI=1S/C15H17BrN2O2S/c1-20-11-3-4-13(16)12(9-11)14(19)18-7-5-15(10-17,21-2)6-8-18/h3-4,9H,5-8H2,1-2H3. The van der Waals surface area contributed by atoms with Crippen LogP contribution in [0.4, 0.5) is 0 Å². The highest BCUT2D eigenvalue weighted by atomic mass is 79.9. The van der Waals surface area contributed by atoms with E-state index in [1.54, 1.807) is 24.9 Å². The van der Waals surface area contributed by atoms with Crippen LogP contribution in [0.25, 0.3) is 0 Å². The van der Waals surface area contributed by atoms with Crippen LogP contribution < -0.4 is 4.74 Å². The summed E-state index contributed by atoms with van der Waals surface area (Å²) < 4.78 is 5.59. The van der Waals surface area contributed by atoms with Gasteiger partial charge in [-0.1, -0.05) is 0 Å². The van der Waals surface area contributed by atoms with Gasteiger partial charge in [0.2, 0.25) is 0 Å². The fourth-order valence-electron chi connectivity index (χ4n) is 2.40. The molecule has 0 unspecified atom stereocenters. The highest BCUT2D eigenvalue weighted by molar-refractivity contribution is 9.10. The van der Waals surface area contributed by atoms with Gasteiger partial charge in [0.1, 0.15) is 10.5 Å². The van der Waals surface area contributed by atoms with Gasteiger partial charge in [-0.25, -0.2) is 0 Å². The summed E-state index contributed by atoms with van der Waals surface area (Å²) in [5.41, 5.74) is 0.600. The number of ether oxygens (including phenoxy) is 1. The zero-order chi connectivity index (χ0) is 15.5. The number of nitrogens with zero attached hydrogens (tertiary/aromatic N) is 2. The van der Waals surface area contributed by atoms with E-state index in [9.17, 15) is 10.1 Å². The van der Waals surface area contributed by atoms with Crippen molar-refractivity contribution in [1.29, 1.82) is 5.26 Å². The Bertz CT molecular complexity index is 578. The molecule has 0 bridgehead atoms. The smallest absolute Gasteiger partial charge is 0.255 e. The predicted octanol–water partition coefficient (Wildman–Crippen LogP) is 3.32. The van der Waals surface area contributed by atoms with E-state index in [2.05, 4.69) is 22.0 Å². The second-order valence-corrected chi connectivity index (χ2v) is 6.99. The summed E-state index contributed by atoms with van der Waals surface area (Å²) in [5, 5.41) is 9.30. The number of likely N-dealkylation sites (tertiary alicyclic amines) is 1. The van der Waals surface area contributed by atoms with Gasteiger partial charge in [-0.15, -0.1) is 11.8 Å². The first-order chi connectivity index (χ1) is 10.0. The van der Waals surface area contributed by atoms with Crippen LogP contribution in [-0.2, 0) is 0 Å². The minimum atomic E-state index is -0.345. The third kappa shape index (κ3) is 3.35. The Morgan fingerprint density at radius 1 is 1.48 bits per heavy atom. The number of nitriles is 1. The van der Waals surface area contributed by atoms with E-state index in [-0.39, 0.29) is 10.7 Å². The maximum atomic E-state index is 12.6. The molecule has 0 atom stereocenters. The Morgan fingerprint density at radius 2 is 2.14 bits per heavy atom. The van der Waals surface area contributed by atoms with Crippen molar-refractivity contribution in [2.45, 2.75) is 17.6 Å². The molecule has 1 heterocycles. The number of halogens is 1. The van der Waals surface area contributed by atoms with Gasteiger partial charge in [0.25, 0.3) is 5.91 Å². The van der Waals surface area contributed by atoms with E-state index in [0.717, 1.165) is 4.47 Å². The topological polar surface area (TPSA) is 53.3 Å². The van der Waals surface area contributed by atoms with Gasteiger partial charge in [0.15, 0.2) is 0 Å². The minimum Gasteiger partial charge on any atom is -0.497 e. The highest BCUT2D eigenvalue weighted by Crippen LogP contribution is 2.34. The van der Waals surface area contributed by atoms with Crippen LogP contribution in [0.15, 0.2) is 22.7 Å². The fraction of sp³-hybridized carbons (Fsp3) is 0.467. The molecule has 1 aromatic rings. The molecule has 6 heteroatoms. The van der Waals surface area contributed by atoms with E-state index >= 15 is 0 Å². The lowest BCUT2D eigenvalue weighted by Crippen LogP contribution is -2.44. The Balaban J connectivity index is 2.14. The Hall–Kier alpha value is -1.19. The molecular weight excluding hydrogens is 352 g/mol. The van der Waals surface area contributed by atoms with Crippen molar-refractivity contribution in [3.8, 4) is 11.8 Å². The molecule has 4 nitrogen and oxygen atoms in total. The number of carbonyl (C=O) groups excluding carboxylic acids is 1. The number of hydrogen-bond acceptors (Lipinski definition) is 4. The van der Waals surface area contributed by atoms with Crippen LogP contribution in [0.2, 0.25) is 0 Å². The number of rotatable bonds is 3. The minimum absolute atomic E-state index is 0.0200. The molecule has 21 heavy (non-hydrogen) atoms. The molecule has 0 N–H and O–H groups in total. The van der Waals surface area contributed by atoms with Crippen molar-refractivity contribution < 1.29 is 9.53 Å². The molecule has 1 aromatic carbocycles. The summed E-state index contributed by atoms with van der Waals surface area (Å²) in [7, 11) is 1.58. The first-order valence-corrected chi connectivity index (χ1v) is 8.66. The molecule has 112 valence electrons. The number of benzene rings is 1. The first kappa shape index (κ1) is 16.2. The van der Waals surface area contributed by atoms with E-state index < -0.39 is 0 Å². The van der Waals surface area contributed by atoms with E-state index in [1.165, 1.54) is 0 Å². The summed E-state index contributed by atoms with van der Waals surface area (Å²) in [6, 6.07) is 7.76. The Labute approximate surface area is 137 Å². The lowest BCUT2D eigenvalue weighted by Gasteiger charge is -2.36. The van der Waals surface area contributed by atoms with Crippen LogP contribution in [0.1, 0.15) is 23.2 Å². The Morgan fingerprint density at radius 3 is 2.67 bits per heavy atom. The SMILES string of the molecule is COc1ccc(Br)c(C(=O)N2CCC(C#N)(SC)CC2)c1. The van der Waals surface area contributed by atoms with E-state index in [4.69, 9.17) is 4.74 Å². The summed E-state index contributed by atoms with van der Waals surface area (Å²) in [6.07, 6.45) is 3.37. The van der Waals surface area contributed by atoms with Gasteiger partial charge >= 0.3 is 0 Å². The van der Waals surface area contributed by atoms with Crippen LogP contribution in [0.3, 0.4) is 0 Å². The number of piperidine rings is 1. The van der Waals surface area contributed by atoms with Crippen molar-refractivity contribution in [3.63, 3.8) is 0 Å². The zero-order valence-electron chi connectivity index (χ0n) is 12.1. The Kier molecular flexibility index (Phi) is 5.17. The molecule has 1 fully saturated rings. The fourth-order valence-corrected chi connectivity index (χ4v) is 3.50. The number of thioether (sulfide) groups is 1. The number of hydrogen-bond donors (Lipinski definition) is 0. The highest BCUT2D eigenvalue weighted by Gasteiger charge is 2.35.